The van der Waals surface area contributed by atoms with Crippen LogP contribution in [0.15, 0.2) is 18.2 Å². The minimum Gasteiger partial charge on any atom is -0.350 e. The summed E-state index contributed by atoms with van der Waals surface area (Å²) in [5.41, 5.74) is 0. The third-order valence-corrected chi connectivity index (χ3v) is 2.19. The summed E-state index contributed by atoms with van der Waals surface area (Å²) in [7, 11) is 0. The van der Waals surface area contributed by atoms with Crippen molar-refractivity contribution < 1.29 is 13.2 Å². The van der Waals surface area contributed by atoms with Gasteiger partial charge in [0.25, 0.3) is 5.92 Å². The lowest BCUT2D eigenvalue weighted by molar-refractivity contribution is 0.0256. The monoisotopic (exact) mass is 202 g/mol. The highest BCUT2D eigenvalue weighted by Crippen LogP contribution is 2.29. The molecule has 0 aliphatic carbocycles. The number of rotatable bonds is 1. The summed E-state index contributed by atoms with van der Waals surface area (Å²) < 4.78 is 38.3. The van der Waals surface area contributed by atoms with Crippen molar-refractivity contribution in [1.82, 2.24) is 4.98 Å². The number of halogens is 3. The summed E-state index contributed by atoms with van der Waals surface area (Å²) in [4.78, 5) is 4.94. The third kappa shape index (κ3) is 1.81. The van der Waals surface area contributed by atoms with Gasteiger partial charge in [0.05, 0.1) is 6.54 Å². The largest absolute Gasteiger partial charge is 0.350 e. The van der Waals surface area contributed by atoms with Gasteiger partial charge in [-0.15, -0.1) is 0 Å². The first-order valence-electron chi connectivity index (χ1n) is 4.32. The van der Waals surface area contributed by atoms with Crippen LogP contribution in [-0.2, 0) is 0 Å². The maximum Gasteiger partial charge on any atom is 0.266 e. The van der Waals surface area contributed by atoms with E-state index in [1.165, 1.54) is 23.1 Å². The van der Waals surface area contributed by atoms with E-state index in [0.717, 1.165) is 0 Å². The molecule has 5 heteroatoms. The fourth-order valence-electron chi connectivity index (χ4n) is 1.51. The average Bonchev–Trinajstić information content (AvgIpc) is 2.46. The van der Waals surface area contributed by atoms with E-state index in [1.54, 1.807) is 0 Å². The van der Waals surface area contributed by atoms with Gasteiger partial charge in [-0.1, -0.05) is 6.07 Å². The fourth-order valence-corrected chi connectivity index (χ4v) is 1.51. The van der Waals surface area contributed by atoms with E-state index < -0.39 is 11.9 Å². The number of pyridine rings is 1. The molecular weight excluding hydrogens is 193 g/mol. The second kappa shape index (κ2) is 3.15. The van der Waals surface area contributed by atoms with Crippen molar-refractivity contribution in [1.29, 1.82) is 0 Å². The summed E-state index contributed by atoms with van der Waals surface area (Å²) in [5.74, 6) is -3.03. The van der Waals surface area contributed by atoms with Crippen molar-refractivity contribution in [2.24, 2.45) is 0 Å². The average molecular weight is 202 g/mol. The van der Waals surface area contributed by atoms with Gasteiger partial charge in [-0.05, 0) is 12.1 Å². The Morgan fingerprint density at radius 1 is 1.36 bits per heavy atom. The van der Waals surface area contributed by atoms with Crippen LogP contribution in [0.2, 0.25) is 0 Å². The van der Waals surface area contributed by atoms with Crippen LogP contribution >= 0.6 is 0 Å². The summed E-state index contributed by atoms with van der Waals surface area (Å²) in [5, 5.41) is 0. The first-order valence-corrected chi connectivity index (χ1v) is 4.32. The molecule has 0 amide bonds. The van der Waals surface area contributed by atoms with Crippen molar-refractivity contribution in [3.05, 3.63) is 24.1 Å². The molecule has 1 fully saturated rings. The number of anilines is 1. The number of nitrogens with zero attached hydrogens (tertiary/aromatic N) is 2. The molecule has 0 aromatic carbocycles. The van der Waals surface area contributed by atoms with Crippen LogP contribution in [0, 0.1) is 5.95 Å². The molecule has 0 atom stereocenters. The van der Waals surface area contributed by atoms with E-state index in [9.17, 15) is 13.2 Å². The van der Waals surface area contributed by atoms with Gasteiger partial charge in [-0.3, -0.25) is 0 Å². The summed E-state index contributed by atoms with van der Waals surface area (Å²) in [6, 6.07) is 4.19. The van der Waals surface area contributed by atoms with Crippen molar-refractivity contribution in [3.63, 3.8) is 0 Å². The minimum atomic E-state index is -2.67. The molecule has 1 aliphatic heterocycles. The Kier molecular flexibility index (Phi) is 2.09. The van der Waals surface area contributed by atoms with Crippen molar-refractivity contribution in [2.75, 3.05) is 18.0 Å². The zero-order chi connectivity index (χ0) is 10.2. The van der Waals surface area contributed by atoms with E-state index in [4.69, 9.17) is 0 Å². The fraction of sp³-hybridized carbons (Fsp3) is 0.444. The van der Waals surface area contributed by atoms with Crippen LogP contribution in [0.1, 0.15) is 6.42 Å². The highest BCUT2D eigenvalue weighted by atomic mass is 19.3. The minimum absolute atomic E-state index is 0.189. The Hall–Kier alpha value is -1.26. The Labute approximate surface area is 79.4 Å². The molecule has 2 heterocycles. The Balaban J connectivity index is 2.17. The lowest BCUT2D eigenvalue weighted by Crippen LogP contribution is -2.25. The van der Waals surface area contributed by atoms with Gasteiger partial charge in [0.1, 0.15) is 5.82 Å². The van der Waals surface area contributed by atoms with Crippen LogP contribution in [0.3, 0.4) is 0 Å². The summed E-state index contributed by atoms with van der Waals surface area (Å²) in [6.07, 6.45) is -0.189. The second-order valence-electron chi connectivity index (χ2n) is 3.35. The molecule has 0 radical (unpaired) electrons. The predicted octanol–water partition coefficient (Wildman–Crippen LogP) is 2.07. The standard InChI is InChI=1S/C9H9F3N2/c10-7-2-1-3-8(13-7)14-5-4-9(11,12)6-14/h1-3H,4-6H2. The zero-order valence-corrected chi connectivity index (χ0v) is 7.38. The van der Waals surface area contributed by atoms with Crippen molar-refractivity contribution in [3.8, 4) is 0 Å². The molecule has 1 aromatic rings. The smallest absolute Gasteiger partial charge is 0.266 e. The zero-order valence-electron chi connectivity index (χ0n) is 7.38. The highest BCUT2D eigenvalue weighted by Gasteiger charge is 2.38. The maximum atomic E-state index is 12.8. The maximum absolute atomic E-state index is 12.8. The van der Waals surface area contributed by atoms with Crippen molar-refractivity contribution in [2.45, 2.75) is 12.3 Å². The Morgan fingerprint density at radius 2 is 2.14 bits per heavy atom. The van der Waals surface area contributed by atoms with Gasteiger partial charge in [0.2, 0.25) is 5.95 Å². The lowest BCUT2D eigenvalue weighted by atomic mass is 10.3. The molecule has 2 nitrogen and oxygen atoms in total. The van der Waals surface area contributed by atoms with E-state index in [1.807, 2.05) is 0 Å². The highest BCUT2D eigenvalue weighted by molar-refractivity contribution is 5.39. The van der Waals surface area contributed by atoms with Crippen molar-refractivity contribution >= 4 is 5.82 Å². The van der Waals surface area contributed by atoms with E-state index in [0.29, 0.717) is 0 Å². The molecule has 0 spiro atoms. The molecular formula is C9H9F3N2. The molecule has 1 aliphatic rings. The first-order chi connectivity index (χ1) is 6.57. The second-order valence-corrected chi connectivity index (χ2v) is 3.35. The molecule has 0 bridgehead atoms. The number of aromatic nitrogens is 1. The Morgan fingerprint density at radius 3 is 2.71 bits per heavy atom. The summed E-state index contributed by atoms with van der Waals surface area (Å²) >= 11 is 0. The molecule has 1 saturated heterocycles. The van der Waals surface area contributed by atoms with E-state index in [2.05, 4.69) is 4.98 Å². The van der Waals surface area contributed by atoms with Crippen LogP contribution in [0.5, 0.6) is 0 Å². The van der Waals surface area contributed by atoms with Gasteiger partial charge >= 0.3 is 0 Å². The molecule has 76 valence electrons. The number of hydrogen-bond donors (Lipinski definition) is 0. The van der Waals surface area contributed by atoms with Crippen LogP contribution < -0.4 is 4.90 Å². The van der Waals surface area contributed by atoms with Gasteiger partial charge < -0.3 is 4.90 Å². The molecule has 1 aromatic heterocycles. The molecule has 2 rings (SSSR count). The molecule has 14 heavy (non-hydrogen) atoms. The van der Waals surface area contributed by atoms with Gasteiger partial charge in [0.15, 0.2) is 0 Å². The normalized spacial score (nSPS) is 20.1. The Bertz CT molecular complexity index is 341. The number of alkyl halides is 2. The van der Waals surface area contributed by atoms with Crippen LogP contribution in [-0.4, -0.2) is 24.0 Å². The van der Waals surface area contributed by atoms with Gasteiger partial charge in [-0.2, -0.15) is 4.39 Å². The van der Waals surface area contributed by atoms with Gasteiger partial charge in [0, 0.05) is 13.0 Å². The third-order valence-electron chi connectivity index (χ3n) is 2.19. The van der Waals surface area contributed by atoms with Crippen LogP contribution in [0.4, 0.5) is 19.0 Å². The number of hydrogen-bond acceptors (Lipinski definition) is 2. The molecule has 0 unspecified atom stereocenters. The molecule has 0 saturated carbocycles. The predicted molar refractivity (Wildman–Crippen MR) is 46.0 cm³/mol. The lowest BCUT2D eigenvalue weighted by Gasteiger charge is -2.16. The topological polar surface area (TPSA) is 16.1 Å². The quantitative estimate of drug-likeness (QED) is 0.648. The van der Waals surface area contributed by atoms with E-state index in [-0.39, 0.29) is 25.3 Å². The van der Waals surface area contributed by atoms with Crippen LogP contribution in [0.25, 0.3) is 0 Å². The summed E-state index contributed by atoms with van der Waals surface area (Å²) in [6.45, 7) is -0.146. The van der Waals surface area contributed by atoms with E-state index >= 15 is 0 Å². The van der Waals surface area contributed by atoms with Gasteiger partial charge in [-0.25, -0.2) is 13.8 Å². The first kappa shape index (κ1) is 9.30. The SMILES string of the molecule is Fc1cccc(N2CCC(F)(F)C2)n1. The molecule has 0 N–H and O–H groups in total.